The molecule has 0 amide bonds. The predicted molar refractivity (Wildman–Crippen MR) is 95.2 cm³/mol. The fourth-order valence-corrected chi connectivity index (χ4v) is 5.66. The van der Waals surface area contributed by atoms with E-state index in [1.807, 2.05) is 0 Å². The van der Waals surface area contributed by atoms with E-state index in [0.29, 0.717) is 10.6 Å². The Morgan fingerprint density at radius 1 is 1.20 bits per heavy atom. The van der Waals surface area contributed by atoms with Crippen molar-refractivity contribution in [2.75, 3.05) is 6.61 Å². The van der Waals surface area contributed by atoms with Gasteiger partial charge in [0.25, 0.3) is 0 Å². The van der Waals surface area contributed by atoms with Crippen molar-refractivity contribution in [1.82, 2.24) is 0 Å². The zero-order valence-electron chi connectivity index (χ0n) is 13.6. The first-order chi connectivity index (χ1) is 11.8. The number of carbonyl (C=O) groups is 1. The molecule has 1 aliphatic carbocycles. The number of hydrogen-bond donors (Lipinski definition) is 1. The van der Waals surface area contributed by atoms with Crippen LogP contribution in [0.5, 0.6) is 0 Å². The molecule has 0 aliphatic heterocycles. The van der Waals surface area contributed by atoms with Gasteiger partial charge < -0.3 is 10.5 Å². The highest BCUT2D eigenvalue weighted by Gasteiger charge is 2.74. The van der Waals surface area contributed by atoms with Gasteiger partial charge in [0.2, 0.25) is 0 Å². The van der Waals surface area contributed by atoms with E-state index >= 15 is 0 Å². The van der Waals surface area contributed by atoms with Gasteiger partial charge in [-0.1, -0.05) is 41.9 Å². The molecule has 7 heteroatoms. The molecular weight excluding hydrogens is 362 g/mol. The molecule has 0 bridgehead atoms. The van der Waals surface area contributed by atoms with Crippen LogP contribution in [-0.4, -0.2) is 31.8 Å². The Morgan fingerprint density at radius 2 is 1.88 bits per heavy atom. The van der Waals surface area contributed by atoms with Gasteiger partial charge in [0.15, 0.2) is 9.84 Å². The summed E-state index contributed by atoms with van der Waals surface area (Å²) in [7, 11) is -3.82. The second kappa shape index (κ2) is 6.44. The zero-order valence-corrected chi connectivity index (χ0v) is 15.1. The van der Waals surface area contributed by atoms with Gasteiger partial charge in [0, 0.05) is 10.9 Å². The Morgan fingerprint density at radius 3 is 2.48 bits per heavy atom. The van der Waals surface area contributed by atoms with E-state index < -0.39 is 32.5 Å². The molecule has 0 spiro atoms. The normalized spacial score (nSPS) is 25.4. The van der Waals surface area contributed by atoms with Gasteiger partial charge in [0.1, 0.15) is 10.8 Å². The van der Waals surface area contributed by atoms with Crippen molar-refractivity contribution in [2.24, 2.45) is 5.73 Å². The van der Waals surface area contributed by atoms with E-state index in [9.17, 15) is 13.2 Å². The highest BCUT2D eigenvalue weighted by molar-refractivity contribution is 7.92. The van der Waals surface area contributed by atoms with Crippen molar-refractivity contribution in [3.63, 3.8) is 0 Å². The standard InChI is InChI=1S/C18H18ClNO4S/c1-2-24-17(21)18(20)15(12-7-6-8-13(19)11-12)16(18)25(22,23)14-9-4-3-5-10-14/h3-11,15-16H,2,20H2,1H3/t15-,16-,18+/m0/s1. The van der Waals surface area contributed by atoms with Crippen molar-refractivity contribution in [1.29, 1.82) is 0 Å². The van der Waals surface area contributed by atoms with Crippen molar-refractivity contribution in [3.05, 3.63) is 65.2 Å². The molecule has 0 unspecified atom stereocenters. The van der Waals surface area contributed by atoms with Gasteiger partial charge >= 0.3 is 5.97 Å². The molecule has 2 N–H and O–H groups in total. The minimum atomic E-state index is -3.82. The molecule has 3 rings (SSSR count). The number of rotatable bonds is 5. The number of ether oxygens (including phenoxy) is 1. The lowest BCUT2D eigenvalue weighted by Crippen LogP contribution is -2.41. The molecule has 132 valence electrons. The molecule has 1 saturated carbocycles. The highest BCUT2D eigenvalue weighted by Crippen LogP contribution is 2.56. The largest absolute Gasteiger partial charge is 0.465 e. The number of esters is 1. The van der Waals surface area contributed by atoms with Gasteiger partial charge in [-0.25, -0.2) is 13.2 Å². The number of sulfone groups is 1. The minimum absolute atomic E-state index is 0.123. The molecular formula is C18H18ClNO4S. The maximum atomic E-state index is 13.1. The van der Waals surface area contributed by atoms with Crippen LogP contribution in [0.2, 0.25) is 5.02 Å². The van der Waals surface area contributed by atoms with Crippen molar-refractivity contribution < 1.29 is 17.9 Å². The lowest BCUT2D eigenvalue weighted by atomic mass is 10.1. The third kappa shape index (κ3) is 2.94. The quantitative estimate of drug-likeness (QED) is 0.807. The zero-order chi connectivity index (χ0) is 18.2. The first-order valence-corrected chi connectivity index (χ1v) is 9.76. The maximum absolute atomic E-state index is 13.1. The Bertz CT molecular complexity index is 900. The summed E-state index contributed by atoms with van der Waals surface area (Å²) in [6.45, 7) is 1.77. The fourth-order valence-electron chi connectivity index (χ4n) is 3.22. The maximum Gasteiger partial charge on any atom is 0.328 e. The second-order valence-electron chi connectivity index (χ2n) is 5.96. The van der Waals surface area contributed by atoms with E-state index in [1.165, 1.54) is 12.1 Å². The first-order valence-electron chi connectivity index (χ1n) is 7.84. The van der Waals surface area contributed by atoms with Crippen LogP contribution in [0.15, 0.2) is 59.5 Å². The average Bonchev–Trinajstić information content (AvgIpc) is 3.24. The topological polar surface area (TPSA) is 86.5 Å². The molecule has 1 fully saturated rings. The summed E-state index contributed by atoms with van der Waals surface area (Å²) in [5.41, 5.74) is 5.25. The molecule has 2 aromatic carbocycles. The minimum Gasteiger partial charge on any atom is -0.465 e. The molecule has 0 saturated heterocycles. The lowest BCUT2D eigenvalue weighted by Gasteiger charge is -2.11. The Labute approximate surface area is 151 Å². The van der Waals surface area contributed by atoms with Gasteiger partial charge in [-0.15, -0.1) is 0 Å². The lowest BCUT2D eigenvalue weighted by molar-refractivity contribution is -0.145. The van der Waals surface area contributed by atoms with Crippen LogP contribution in [0, 0.1) is 0 Å². The van der Waals surface area contributed by atoms with Crippen molar-refractivity contribution >= 4 is 27.4 Å². The van der Waals surface area contributed by atoms with Gasteiger partial charge in [-0.3, -0.25) is 0 Å². The fraction of sp³-hybridized carbons (Fsp3) is 0.278. The average molecular weight is 380 g/mol. The number of carbonyl (C=O) groups excluding carboxylic acids is 1. The second-order valence-corrected chi connectivity index (χ2v) is 8.47. The molecule has 0 heterocycles. The summed E-state index contributed by atoms with van der Waals surface area (Å²) in [6, 6.07) is 14.7. The van der Waals surface area contributed by atoms with E-state index in [1.54, 1.807) is 49.4 Å². The van der Waals surface area contributed by atoms with Gasteiger partial charge in [0.05, 0.1) is 11.5 Å². The third-order valence-corrected chi connectivity index (χ3v) is 6.92. The van der Waals surface area contributed by atoms with Crippen LogP contribution >= 0.6 is 11.6 Å². The first kappa shape index (κ1) is 17.9. The summed E-state index contributed by atoms with van der Waals surface area (Å²) in [5, 5.41) is -0.647. The Hall–Kier alpha value is -1.89. The summed E-state index contributed by atoms with van der Waals surface area (Å²) >= 11 is 6.02. The SMILES string of the molecule is CCOC(=O)[C@@]1(N)[C@@H](c2cccc(Cl)c2)[C@@H]1S(=O)(=O)c1ccccc1. The highest BCUT2D eigenvalue weighted by atomic mass is 35.5. The van der Waals surface area contributed by atoms with Crippen LogP contribution in [-0.2, 0) is 19.4 Å². The number of nitrogens with two attached hydrogens (primary N) is 1. The summed E-state index contributed by atoms with van der Waals surface area (Å²) in [5.74, 6) is -1.43. The predicted octanol–water partition coefficient (Wildman–Crippen LogP) is 2.54. The van der Waals surface area contributed by atoms with Crippen LogP contribution in [0.25, 0.3) is 0 Å². The van der Waals surface area contributed by atoms with E-state index in [2.05, 4.69) is 0 Å². The number of benzene rings is 2. The van der Waals surface area contributed by atoms with E-state index in [-0.39, 0.29) is 11.5 Å². The van der Waals surface area contributed by atoms with Gasteiger partial charge in [-0.05, 0) is 36.8 Å². The Kier molecular flexibility index (Phi) is 4.62. The summed E-state index contributed by atoms with van der Waals surface area (Å²) in [6.07, 6.45) is 0. The van der Waals surface area contributed by atoms with E-state index in [0.717, 1.165) is 0 Å². The van der Waals surface area contributed by atoms with Crippen LogP contribution in [0.3, 0.4) is 0 Å². The summed E-state index contributed by atoms with van der Waals surface area (Å²) in [4.78, 5) is 12.6. The van der Waals surface area contributed by atoms with Gasteiger partial charge in [-0.2, -0.15) is 0 Å². The molecule has 2 aromatic rings. The summed E-state index contributed by atoms with van der Waals surface area (Å²) < 4.78 is 31.2. The van der Waals surface area contributed by atoms with Crippen LogP contribution in [0.1, 0.15) is 18.4 Å². The number of halogens is 1. The number of hydrogen-bond acceptors (Lipinski definition) is 5. The Balaban J connectivity index is 2.08. The smallest absolute Gasteiger partial charge is 0.328 e. The van der Waals surface area contributed by atoms with Crippen LogP contribution in [0.4, 0.5) is 0 Å². The molecule has 0 aromatic heterocycles. The third-order valence-electron chi connectivity index (χ3n) is 4.42. The van der Waals surface area contributed by atoms with Crippen LogP contribution < -0.4 is 5.73 Å². The monoisotopic (exact) mass is 379 g/mol. The molecule has 5 nitrogen and oxygen atoms in total. The van der Waals surface area contributed by atoms with E-state index in [4.69, 9.17) is 22.1 Å². The molecule has 1 aliphatic rings. The molecule has 25 heavy (non-hydrogen) atoms. The van der Waals surface area contributed by atoms with Crippen molar-refractivity contribution in [3.8, 4) is 0 Å². The molecule has 0 radical (unpaired) electrons. The molecule has 3 atom stereocenters. The van der Waals surface area contributed by atoms with Crippen molar-refractivity contribution in [2.45, 2.75) is 28.5 Å².